The predicted molar refractivity (Wildman–Crippen MR) is 94.3 cm³/mol. The molecule has 4 rings (SSSR count). The van der Waals surface area contributed by atoms with Crippen LogP contribution in [0.3, 0.4) is 0 Å². The second kappa shape index (κ2) is 6.71. The number of ether oxygens (including phenoxy) is 2. The lowest BCUT2D eigenvalue weighted by Crippen LogP contribution is -2.18. The van der Waals surface area contributed by atoms with Crippen molar-refractivity contribution in [2.75, 3.05) is 13.2 Å². The number of carbonyl (C=O) groups excluding carboxylic acids is 1. The fourth-order valence-corrected chi connectivity index (χ4v) is 3.60. The van der Waals surface area contributed by atoms with Gasteiger partial charge < -0.3 is 9.47 Å². The number of benzene rings is 1. The normalized spacial score (nSPS) is 17.2. The van der Waals surface area contributed by atoms with E-state index in [-0.39, 0.29) is 12.1 Å². The molecule has 0 N–H and O–H groups in total. The zero-order chi connectivity index (χ0) is 16.4. The van der Waals surface area contributed by atoms with Gasteiger partial charge >= 0.3 is 5.97 Å². The Bertz CT molecular complexity index is 854. The number of fused-ring (bicyclic) bond motifs is 1. The standard InChI is InChI=1S/C19H17NO3S/c21-19(23-12-13-5-3-9-22-13)15-11-17(18-8-4-10-24-18)20-16-7-2-1-6-14(15)16/h1-2,4,6-8,10-11,13H,3,5,9,12H2/t13-/m1/s1. The third-order valence-corrected chi connectivity index (χ3v) is 5.03. The molecular formula is C19H17NO3S. The summed E-state index contributed by atoms with van der Waals surface area (Å²) in [5.41, 5.74) is 2.15. The van der Waals surface area contributed by atoms with E-state index in [9.17, 15) is 4.79 Å². The van der Waals surface area contributed by atoms with Gasteiger partial charge in [-0.25, -0.2) is 9.78 Å². The molecular weight excluding hydrogens is 322 g/mol. The maximum atomic E-state index is 12.6. The minimum atomic E-state index is -0.318. The van der Waals surface area contributed by atoms with Crippen molar-refractivity contribution in [3.63, 3.8) is 0 Å². The lowest BCUT2D eigenvalue weighted by atomic mass is 10.1. The Hall–Kier alpha value is -2.24. The maximum Gasteiger partial charge on any atom is 0.338 e. The van der Waals surface area contributed by atoms with Crippen molar-refractivity contribution in [1.29, 1.82) is 0 Å². The first kappa shape index (κ1) is 15.3. The lowest BCUT2D eigenvalue weighted by Gasteiger charge is -2.12. The third kappa shape index (κ3) is 3.05. The SMILES string of the molecule is O=C(OC[C@H]1CCCO1)c1cc(-c2cccs2)nc2ccccc12. The molecule has 122 valence electrons. The van der Waals surface area contributed by atoms with Gasteiger partial charge in [-0.2, -0.15) is 0 Å². The molecule has 24 heavy (non-hydrogen) atoms. The molecule has 0 spiro atoms. The van der Waals surface area contributed by atoms with Crippen LogP contribution in [0.2, 0.25) is 0 Å². The topological polar surface area (TPSA) is 48.4 Å². The zero-order valence-corrected chi connectivity index (χ0v) is 13.9. The quantitative estimate of drug-likeness (QED) is 0.665. The summed E-state index contributed by atoms with van der Waals surface area (Å²) in [5, 5.41) is 2.82. The number of carbonyl (C=O) groups is 1. The summed E-state index contributed by atoms with van der Waals surface area (Å²) >= 11 is 1.60. The monoisotopic (exact) mass is 339 g/mol. The first-order valence-electron chi connectivity index (χ1n) is 8.03. The highest BCUT2D eigenvalue weighted by atomic mass is 32.1. The molecule has 1 saturated heterocycles. The summed E-state index contributed by atoms with van der Waals surface area (Å²) in [6.45, 7) is 1.06. The van der Waals surface area contributed by atoms with Gasteiger partial charge in [-0.1, -0.05) is 24.3 Å². The van der Waals surface area contributed by atoms with Crippen LogP contribution in [0, 0.1) is 0 Å². The lowest BCUT2D eigenvalue weighted by molar-refractivity contribution is 0.0163. The van der Waals surface area contributed by atoms with E-state index >= 15 is 0 Å². The van der Waals surface area contributed by atoms with E-state index < -0.39 is 0 Å². The van der Waals surface area contributed by atoms with Gasteiger partial charge in [0.1, 0.15) is 6.61 Å². The fraction of sp³-hybridized carbons (Fsp3) is 0.263. The molecule has 0 radical (unpaired) electrons. The first-order valence-corrected chi connectivity index (χ1v) is 8.91. The van der Waals surface area contributed by atoms with Gasteiger partial charge in [0, 0.05) is 12.0 Å². The van der Waals surface area contributed by atoms with Crippen molar-refractivity contribution in [1.82, 2.24) is 4.98 Å². The van der Waals surface area contributed by atoms with Gasteiger partial charge in [-0.05, 0) is 36.4 Å². The van der Waals surface area contributed by atoms with E-state index in [1.165, 1.54) is 0 Å². The van der Waals surface area contributed by atoms with Crippen LogP contribution in [0.4, 0.5) is 0 Å². The van der Waals surface area contributed by atoms with Gasteiger partial charge in [0.2, 0.25) is 0 Å². The average Bonchev–Trinajstić information content (AvgIpc) is 3.32. The highest BCUT2D eigenvalue weighted by molar-refractivity contribution is 7.13. The van der Waals surface area contributed by atoms with Crippen molar-refractivity contribution in [2.24, 2.45) is 0 Å². The predicted octanol–water partition coefficient (Wildman–Crippen LogP) is 4.30. The zero-order valence-electron chi connectivity index (χ0n) is 13.1. The number of nitrogens with zero attached hydrogens (tertiary/aromatic N) is 1. The summed E-state index contributed by atoms with van der Waals surface area (Å²) in [7, 11) is 0. The Kier molecular flexibility index (Phi) is 4.28. The number of pyridine rings is 1. The molecule has 1 aromatic carbocycles. The Morgan fingerprint density at radius 1 is 1.29 bits per heavy atom. The molecule has 4 nitrogen and oxygen atoms in total. The molecule has 1 fully saturated rings. The van der Waals surface area contributed by atoms with Crippen LogP contribution in [-0.2, 0) is 9.47 Å². The summed E-state index contributed by atoms with van der Waals surface area (Å²) < 4.78 is 11.0. The summed E-state index contributed by atoms with van der Waals surface area (Å²) in [6.07, 6.45) is 2.01. The van der Waals surface area contributed by atoms with Crippen LogP contribution >= 0.6 is 11.3 Å². The fourth-order valence-electron chi connectivity index (χ4n) is 2.92. The first-order chi connectivity index (χ1) is 11.8. The molecule has 0 saturated carbocycles. The average molecular weight is 339 g/mol. The van der Waals surface area contributed by atoms with Crippen LogP contribution in [0.15, 0.2) is 47.8 Å². The molecule has 3 heterocycles. The molecule has 3 aromatic rings. The smallest absolute Gasteiger partial charge is 0.338 e. The Morgan fingerprint density at radius 2 is 2.21 bits per heavy atom. The van der Waals surface area contributed by atoms with Gasteiger partial charge in [-0.15, -0.1) is 11.3 Å². The van der Waals surface area contributed by atoms with Crippen LogP contribution in [-0.4, -0.2) is 30.3 Å². The largest absolute Gasteiger partial charge is 0.459 e. The molecule has 1 aliphatic heterocycles. The van der Waals surface area contributed by atoms with Gasteiger partial charge in [0.25, 0.3) is 0 Å². The van der Waals surface area contributed by atoms with E-state index in [1.807, 2.05) is 47.8 Å². The number of hydrogen-bond acceptors (Lipinski definition) is 5. The van der Waals surface area contributed by atoms with Crippen molar-refractivity contribution in [3.05, 3.63) is 53.4 Å². The van der Waals surface area contributed by atoms with Crippen molar-refractivity contribution >= 4 is 28.2 Å². The number of para-hydroxylation sites is 1. The molecule has 0 bridgehead atoms. The number of thiophene rings is 1. The molecule has 1 aliphatic rings. The molecule has 1 atom stereocenters. The molecule has 5 heteroatoms. The second-order valence-corrected chi connectivity index (χ2v) is 6.73. The second-order valence-electron chi connectivity index (χ2n) is 5.78. The molecule has 0 aliphatic carbocycles. The summed E-state index contributed by atoms with van der Waals surface area (Å²) in [6, 6.07) is 13.5. The number of esters is 1. The minimum Gasteiger partial charge on any atom is -0.459 e. The van der Waals surface area contributed by atoms with Crippen molar-refractivity contribution in [2.45, 2.75) is 18.9 Å². The molecule has 0 unspecified atom stereocenters. The van der Waals surface area contributed by atoms with E-state index in [0.717, 1.165) is 40.9 Å². The minimum absolute atomic E-state index is 0.0267. The van der Waals surface area contributed by atoms with Gasteiger partial charge in [0.05, 0.1) is 27.8 Å². The number of hydrogen-bond donors (Lipinski definition) is 0. The number of aromatic nitrogens is 1. The molecule has 2 aromatic heterocycles. The Morgan fingerprint density at radius 3 is 3.00 bits per heavy atom. The highest BCUT2D eigenvalue weighted by Gasteiger charge is 2.20. The summed E-state index contributed by atoms with van der Waals surface area (Å²) in [5.74, 6) is -0.318. The maximum absolute atomic E-state index is 12.6. The van der Waals surface area contributed by atoms with E-state index in [1.54, 1.807) is 11.3 Å². The van der Waals surface area contributed by atoms with Gasteiger partial charge in [0.15, 0.2) is 0 Å². The third-order valence-electron chi connectivity index (χ3n) is 4.13. The van der Waals surface area contributed by atoms with Crippen LogP contribution in [0.5, 0.6) is 0 Å². The number of rotatable bonds is 4. The van der Waals surface area contributed by atoms with Crippen molar-refractivity contribution in [3.8, 4) is 10.6 Å². The van der Waals surface area contributed by atoms with E-state index in [2.05, 4.69) is 4.98 Å². The Balaban J connectivity index is 1.68. The summed E-state index contributed by atoms with van der Waals surface area (Å²) in [4.78, 5) is 18.3. The van der Waals surface area contributed by atoms with Crippen LogP contribution in [0.25, 0.3) is 21.5 Å². The molecule has 0 amide bonds. The van der Waals surface area contributed by atoms with Gasteiger partial charge in [-0.3, -0.25) is 0 Å². The van der Waals surface area contributed by atoms with Crippen LogP contribution < -0.4 is 0 Å². The van der Waals surface area contributed by atoms with Crippen molar-refractivity contribution < 1.29 is 14.3 Å². The van der Waals surface area contributed by atoms with E-state index in [4.69, 9.17) is 9.47 Å². The highest BCUT2D eigenvalue weighted by Crippen LogP contribution is 2.28. The van der Waals surface area contributed by atoms with Crippen LogP contribution in [0.1, 0.15) is 23.2 Å². The Labute approximate surface area is 144 Å². The van der Waals surface area contributed by atoms with E-state index in [0.29, 0.717) is 12.2 Å².